The minimum Gasteiger partial charge on any atom is -0.464 e. The third-order valence-electron chi connectivity index (χ3n) is 10.8. The highest BCUT2D eigenvalue weighted by molar-refractivity contribution is 5.85. The molecule has 0 bridgehead atoms. The second kappa shape index (κ2) is 8.59. The van der Waals surface area contributed by atoms with E-state index in [0.29, 0.717) is 25.4 Å². The van der Waals surface area contributed by atoms with Crippen LogP contribution in [0.25, 0.3) is 0 Å². The summed E-state index contributed by atoms with van der Waals surface area (Å²) in [6.07, 6.45) is 7.87. The van der Waals surface area contributed by atoms with Crippen molar-refractivity contribution in [1.29, 1.82) is 0 Å². The van der Waals surface area contributed by atoms with E-state index in [9.17, 15) is 19.8 Å². The van der Waals surface area contributed by atoms with E-state index in [2.05, 4.69) is 6.92 Å². The summed E-state index contributed by atoms with van der Waals surface area (Å²) in [5.74, 6) is 0.194. The van der Waals surface area contributed by atoms with E-state index < -0.39 is 17.1 Å². The van der Waals surface area contributed by atoms with Crippen LogP contribution in [0.1, 0.15) is 72.1 Å². The Labute approximate surface area is 202 Å². The molecule has 0 unspecified atom stereocenters. The first kappa shape index (κ1) is 24.3. The monoisotopic (exact) mass is 476 g/mol. The van der Waals surface area contributed by atoms with Gasteiger partial charge in [0.15, 0.2) is 0 Å². The lowest BCUT2D eigenvalue weighted by molar-refractivity contribution is -0.245. The average Bonchev–Trinajstić information content (AvgIpc) is 3.34. The summed E-state index contributed by atoms with van der Waals surface area (Å²) < 4.78 is 16.1. The Hall–Kier alpha value is -1.44. The second-order valence-corrected chi connectivity index (χ2v) is 11.9. The number of rotatable bonds is 5. The van der Waals surface area contributed by atoms with E-state index in [1.54, 1.807) is 13.0 Å². The van der Waals surface area contributed by atoms with Crippen molar-refractivity contribution in [3.63, 3.8) is 0 Å². The molecule has 0 saturated heterocycles. The van der Waals surface area contributed by atoms with Crippen LogP contribution < -0.4 is 0 Å². The SMILES string of the molecule is CCOC(=O)CO[C@H]1CC[C@@]2(C)[C@H](CC[C@@H]3[C@@H]2C[C@@H](O)[C@]2(C)[C@@H](C4=CC(=O)OC4)CC[C@]32O)C1. The van der Waals surface area contributed by atoms with Crippen molar-refractivity contribution < 1.29 is 34.0 Å². The topological polar surface area (TPSA) is 102 Å². The van der Waals surface area contributed by atoms with Crippen molar-refractivity contribution in [2.75, 3.05) is 19.8 Å². The van der Waals surface area contributed by atoms with Crippen LogP contribution >= 0.6 is 0 Å². The number of ether oxygens (including phenoxy) is 3. The molecule has 9 atom stereocenters. The number of cyclic esters (lactones) is 1. The van der Waals surface area contributed by atoms with Gasteiger partial charge in [0.05, 0.1) is 24.4 Å². The number of carbonyl (C=O) groups excluding carboxylic acids is 2. The van der Waals surface area contributed by atoms with Crippen molar-refractivity contribution in [3.8, 4) is 0 Å². The fourth-order valence-electron chi connectivity index (χ4n) is 8.89. The lowest BCUT2D eigenvalue weighted by atomic mass is 9.42. The van der Waals surface area contributed by atoms with Gasteiger partial charge in [-0.15, -0.1) is 0 Å². The molecule has 0 spiro atoms. The number of aliphatic hydroxyl groups excluding tert-OH is 1. The fraction of sp³-hybridized carbons (Fsp3) is 0.852. The summed E-state index contributed by atoms with van der Waals surface area (Å²) >= 11 is 0. The quantitative estimate of drug-likeness (QED) is 0.588. The van der Waals surface area contributed by atoms with Crippen molar-refractivity contribution in [1.82, 2.24) is 0 Å². The lowest BCUT2D eigenvalue weighted by Gasteiger charge is -2.65. The van der Waals surface area contributed by atoms with Crippen LogP contribution in [0.5, 0.6) is 0 Å². The average molecular weight is 477 g/mol. The standard InChI is InChI=1S/C27H40O7/c1-4-32-24(30)15-33-18-7-9-25(2)17(12-18)5-6-20-21(25)13-22(28)26(3)19(8-10-27(20,26)31)16-11-23(29)34-14-16/h11,17-22,28,31H,4-10,12-15H2,1-3H3/t17-,18+,19-,20-,21+,22-,25+,26+,27+/m1/s1. The van der Waals surface area contributed by atoms with Crippen molar-refractivity contribution in [2.45, 2.75) is 89.9 Å². The molecule has 0 amide bonds. The number of aliphatic hydroxyl groups is 2. The van der Waals surface area contributed by atoms with Crippen molar-refractivity contribution in [3.05, 3.63) is 11.6 Å². The molecule has 2 N–H and O–H groups in total. The molecule has 1 aliphatic heterocycles. The molecule has 4 aliphatic carbocycles. The predicted octanol–water partition coefficient (Wildman–Crippen LogP) is 3.16. The van der Waals surface area contributed by atoms with Gasteiger partial charge in [-0.25, -0.2) is 9.59 Å². The molecule has 7 heteroatoms. The Morgan fingerprint density at radius 1 is 1.15 bits per heavy atom. The summed E-state index contributed by atoms with van der Waals surface area (Å²) in [5.41, 5.74) is -0.649. The molecule has 1 heterocycles. The third-order valence-corrected chi connectivity index (χ3v) is 10.8. The summed E-state index contributed by atoms with van der Waals surface area (Å²) in [6.45, 7) is 6.85. The smallest absolute Gasteiger partial charge is 0.332 e. The summed E-state index contributed by atoms with van der Waals surface area (Å²) in [7, 11) is 0. The maximum absolute atomic E-state index is 12.3. The molecule has 0 aromatic carbocycles. The molecule has 0 aromatic heterocycles. The Kier molecular flexibility index (Phi) is 6.13. The summed E-state index contributed by atoms with van der Waals surface area (Å²) in [6, 6.07) is 0. The Balaban J connectivity index is 1.34. The van der Waals surface area contributed by atoms with Gasteiger partial charge in [0.25, 0.3) is 0 Å². The van der Waals surface area contributed by atoms with Crippen molar-refractivity contribution in [2.24, 2.45) is 34.5 Å². The number of fused-ring (bicyclic) bond motifs is 5. The van der Waals surface area contributed by atoms with E-state index in [-0.39, 0.29) is 54.4 Å². The first-order chi connectivity index (χ1) is 16.1. The number of hydrogen-bond donors (Lipinski definition) is 2. The van der Waals surface area contributed by atoms with Crippen molar-refractivity contribution >= 4 is 11.9 Å². The summed E-state index contributed by atoms with van der Waals surface area (Å²) in [4.78, 5) is 23.5. The van der Waals surface area contributed by atoms with Crippen LogP contribution in [0.3, 0.4) is 0 Å². The first-order valence-corrected chi connectivity index (χ1v) is 13.2. The van der Waals surface area contributed by atoms with Crippen LogP contribution in [-0.4, -0.2) is 59.8 Å². The number of hydrogen-bond acceptors (Lipinski definition) is 7. The van der Waals surface area contributed by atoms with Gasteiger partial charge in [0.1, 0.15) is 13.2 Å². The van der Waals surface area contributed by atoms with Gasteiger partial charge in [0.2, 0.25) is 0 Å². The molecule has 190 valence electrons. The second-order valence-electron chi connectivity index (χ2n) is 11.9. The molecular weight excluding hydrogens is 436 g/mol. The van der Waals surface area contributed by atoms with E-state index in [1.807, 2.05) is 6.92 Å². The van der Waals surface area contributed by atoms with Gasteiger partial charge >= 0.3 is 11.9 Å². The molecule has 0 radical (unpaired) electrons. The number of carbonyl (C=O) groups is 2. The zero-order valence-corrected chi connectivity index (χ0v) is 20.8. The maximum Gasteiger partial charge on any atom is 0.332 e. The predicted molar refractivity (Wildman–Crippen MR) is 123 cm³/mol. The van der Waals surface area contributed by atoms with Gasteiger partial charge in [-0.3, -0.25) is 0 Å². The fourth-order valence-corrected chi connectivity index (χ4v) is 8.89. The molecule has 34 heavy (non-hydrogen) atoms. The van der Waals surface area contributed by atoms with Gasteiger partial charge in [-0.05, 0) is 93.0 Å². The Bertz CT molecular complexity index is 869. The highest BCUT2D eigenvalue weighted by atomic mass is 16.6. The Morgan fingerprint density at radius 3 is 2.65 bits per heavy atom. The molecule has 7 nitrogen and oxygen atoms in total. The normalized spacial score (nSPS) is 47.8. The Morgan fingerprint density at radius 2 is 1.94 bits per heavy atom. The largest absolute Gasteiger partial charge is 0.464 e. The van der Waals surface area contributed by atoms with Crippen LogP contribution in [0.15, 0.2) is 11.6 Å². The van der Waals surface area contributed by atoms with E-state index in [0.717, 1.165) is 44.1 Å². The van der Waals surface area contributed by atoms with Crippen LogP contribution in [0.2, 0.25) is 0 Å². The van der Waals surface area contributed by atoms with Gasteiger partial charge in [-0.1, -0.05) is 13.8 Å². The zero-order chi connectivity index (χ0) is 24.3. The minimum absolute atomic E-state index is 0.00821. The van der Waals surface area contributed by atoms with Crippen LogP contribution in [0, 0.1) is 34.5 Å². The van der Waals surface area contributed by atoms with Crippen LogP contribution in [-0.2, 0) is 23.8 Å². The zero-order valence-electron chi connectivity index (χ0n) is 20.8. The minimum atomic E-state index is -0.947. The molecular formula is C27H40O7. The van der Waals surface area contributed by atoms with Gasteiger partial charge < -0.3 is 24.4 Å². The van der Waals surface area contributed by atoms with E-state index >= 15 is 0 Å². The molecule has 4 saturated carbocycles. The number of esters is 2. The maximum atomic E-state index is 12.3. The lowest BCUT2D eigenvalue weighted by Crippen LogP contribution is -2.67. The highest BCUT2D eigenvalue weighted by Crippen LogP contribution is 2.69. The van der Waals surface area contributed by atoms with Gasteiger partial charge in [-0.2, -0.15) is 0 Å². The van der Waals surface area contributed by atoms with E-state index in [1.165, 1.54) is 0 Å². The third kappa shape index (κ3) is 3.48. The highest BCUT2D eigenvalue weighted by Gasteiger charge is 2.70. The van der Waals surface area contributed by atoms with Gasteiger partial charge in [0, 0.05) is 11.5 Å². The molecule has 4 fully saturated rings. The van der Waals surface area contributed by atoms with E-state index in [4.69, 9.17) is 14.2 Å². The summed E-state index contributed by atoms with van der Waals surface area (Å²) in [5, 5.41) is 23.9. The molecule has 5 rings (SSSR count). The first-order valence-electron chi connectivity index (χ1n) is 13.2. The molecule has 0 aromatic rings. The molecule has 5 aliphatic rings. The van der Waals surface area contributed by atoms with Crippen LogP contribution in [0.4, 0.5) is 0 Å².